The summed E-state index contributed by atoms with van der Waals surface area (Å²) in [6.07, 6.45) is 5.83. The fourth-order valence-electron chi connectivity index (χ4n) is 15.0. The summed E-state index contributed by atoms with van der Waals surface area (Å²) in [6.45, 7) is 56.5. The number of carbonyl (C=O) groups is 5. The van der Waals surface area contributed by atoms with E-state index in [1.807, 2.05) is 0 Å². The molecule has 140 heavy (non-hydrogen) atoms. The van der Waals surface area contributed by atoms with Crippen molar-refractivity contribution in [1.29, 1.82) is 0 Å². The Morgan fingerprint density at radius 1 is 0.229 bits per heavy atom. The Labute approximate surface area is 897 Å². The zero-order valence-corrected chi connectivity index (χ0v) is 97.9. The van der Waals surface area contributed by atoms with Crippen LogP contribution in [0.15, 0.2) is 241 Å². The Kier molecular flexibility index (Phi) is 54.8. The van der Waals surface area contributed by atoms with Crippen molar-refractivity contribution in [2.45, 2.75) is 208 Å². The maximum absolute atomic E-state index is 10.0. The van der Waals surface area contributed by atoms with Crippen LogP contribution < -0.4 is 0 Å². The monoisotopic (exact) mass is 2770 g/mol. The molecule has 5 heterocycles. The van der Waals surface area contributed by atoms with Crippen LogP contribution in [0.5, 0.6) is 0 Å². The van der Waals surface area contributed by atoms with Crippen molar-refractivity contribution >= 4 is 83.4 Å². The summed E-state index contributed by atoms with van der Waals surface area (Å²) in [5, 5.41) is 47.9. The number of benzene rings is 10. The summed E-state index contributed by atoms with van der Waals surface area (Å²) < 4.78 is 0. The van der Waals surface area contributed by atoms with Gasteiger partial charge in [-0.3, -0.25) is 48.9 Å². The Morgan fingerprint density at radius 3 is 0.914 bits per heavy atom. The van der Waals surface area contributed by atoms with Crippen LogP contribution in [0.25, 0.3) is 111 Å². The number of aromatic nitrogens is 5. The Balaban J connectivity index is 0.000000800. The van der Waals surface area contributed by atoms with E-state index in [2.05, 4.69) is 351 Å². The minimum Gasteiger partial charge on any atom is -0.512 e. The molecule has 0 spiro atoms. The summed E-state index contributed by atoms with van der Waals surface area (Å²) in [6, 6.07) is 81.4. The van der Waals surface area contributed by atoms with E-state index in [1.54, 1.807) is 0 Å². The summed E-state index contributed by atoms with van der Waals surface area (Å²) in [5.41, 5.74) is 40.3. The van der Waals surface area contributed by atoms with E-state index >= 15 is 0 Å². The van der Waals surface area contributed by atoms with Gasteiger partial charge in [0.05, 0.1) is 56.4 Å². The maximum Gasteiger partial charge on any atom is 0.155 e. The topological polar surface area (TPSA) is 251 Å². The van der Waals surface area contributed by atoms with Crippen molar-refractivity contribution < 1.29 is 150 Å². The minimum atomic E-state index is -0.125. The number of hydrogen-bond acceptors (Lipinski definition) is 15. The standard InChI is InChI=1S/5C19H18N.5C5H8O2.5Ir/c1-12-9-13(2)11-16(10-12)18-8-6-17-15(4)14(3)5-7-19(17)20-18;1-12-7-13(2)10-16(9-12)18-6-5-17-15(4)8-14(3)11-19(17)20-18;1-12-5-6-16-11-15(4)19(20-18(16)10-12)17-8-13(2)7-14(3)9-17;1-12-5-6-18-16(8-12)11-15(4)19(20-18)17-9-13(2)7-14(3)10-17;1-12-8-13(2)10-16(9-12)19-15(4)11-17-14(3)6-5-7-18(17)20-19;5*1-4(6)3-5(2)7;;;;;/h5-10H,1-4H3;5-9,11H,1-4H3;5-8,10-11H,1-4H3;2*5-9,11H,1-4H3;5*3,6H,1-2H3;;;;;/q5*-1;;;;;;;;;;. The van der Waals surface area contributed by atoms with Gasteiger partial charge in [-0.1, -0.05) is 176 Å². The number of fused-ring (bicyclic) bond motifs is 5. The maximum atomic E-state index is 10.0. The second-order valence-corrected chi connectivity index (χ2v) is 34.9. The summed E-state index contributed by atoms with van der Waals surface area (Å²) in [4.78, 5) is 74.3. The molecule has 0 aliphatic heterocycles. The summed E-state index contributed by atoms with van der Waals surface area (Å²) in [5.74, 6) is -0.312. The fourth-order valence-corrected chi connectivity index (χ4v) is 15.0. The van der Waals surface area contributed by atoms with E-state index in [0.717, 1.165) is 112 Å². The first-order valence-electron chi connectivity index (χ1n) is 44.6. The second kappa shape index (κ2) is 60.6. The zero-order valence-electron chi connectivity index (χ0n) is 85.9. The number of ketones is 5. The molecule has 0 amide bonds. The van der Waals surface area contributed by atoms with Gasteiger partial charge in [-0.15, -0.1) is 174 Å². The average molecular weight is 2760 g/mol. The number of aliphatic hydroxyl groups excluding tert-OH is 5. The third kappa shape index (κ3) is 42.9. The van der Waals surface area contributed by atoms with Crippen LogP contribution >= 0.6 is 0 Å². The molecule has 5 aromatic heterocycles. The Morgan fingerprint density at radius 2 is 0.536 bits per heavy atom. The van der Waals surface area contributed by atoms with Crippen molar-refractivity contribution in [2.75, 3.05) is 0 Å². The van der Waals surface area contributed by atoms with Crippen LogP contribution in [-0.2, 0) is 124 Å². The van der Waals surface area contributed by atoms with Gasteiger partial charge in [-0.25, -0.2) is 0 Å². The van der Waals surface area contributed by atoms with E-state index < -0.39 is 0 Å². The smallest absolute Gasteiger partial charge is 0.155 e. The van der Waals surface area contributed by atoms with Gasteiger partial charge >= 0.3 is 0 Å². The quantitative estimate of drug-likeness (QED) is 0.0485. The number of aliphatic hydroxyl groups is 5. The molecule has 5 N–H and O–H groups in total. The number of pyridine rings is 5. The molecule has 0 saturated carbocycles. The molecule has 0 bridgehead atoms. The number of nitrogens with zero attached hydrogens (tertiary/aromatic N) is 5. The normalized spacial score (nSPS) is 10.7. The largest absolute Gasteiger partial charge is 0.512 e. The van der Waals surface area contributed by atoms with E-state index in [4.69, 9.17) is 50.5 Å². The van der Waals surface area contributed by atoms with Gasteiger partial charge in [-0.05, 0) is 247 Å². The third-order valence-corrected chi connectivity index (χ3v) is 20.3. The van der Waals surface area contributed by atoms with Crippen molar-refractivity contribution in [1.82, 2.24) is 24.9 Å². The number of carbonyl (C=O) groups excluding carboxylic acids is 5. The van der Waals surface area contributed by atoms with Gasteiger partial charge in [0.1, 0.15) is 0 Å². The van der Waals surface area contributed by atoms with Crippen molar-refractivity contribution in [2.24, 2.45) is 0 Å². The van der Waals surface area contributed by atoms with Crippen LogP contribution in [0.1, 0.15) is 181 Å². The molecule has 745 valence electrons. The molecule has 0 aliphatic rings. The van der Waals surface area contributed by atoms with Crippen LogP contribution in [0.2, 0.25) is 0 Å². The zero-order chi connectivity index (χ0) is 101. The first-order chi connectivity index (χ1) is 63.3. The summed E-state index contributed by atoms with van der Waals surface area (Å²) in [7, 11) is 0. The fraction of sp³-hybridized carbons (Fsp3) is 0.250. The van der Waals surface area contributed by atoms with Crippen LogP contribution in [0, 0.1) is 169 Å². The van der Waals surface area contributed by atoms with Crippen molar-refractivity contribution in [3.63, 3.8) is 0 Å². The molecular weight excluding hydrogens is 2630 g/mol. The summed E-state index contributed by atoms with van der Waals surface area (Å²) >= 11 is 0. The van der Waals surface area contributed by atoms with E-state index in [1.165, 1.54) is 210 Å². The van der Waals surface area contributed by atoms with Gasteiger partial charge < -0.3 is 25.5 Å². The molecule has 0 aliphatic carbocycles. The molecule has 0 unspecified atom stereocenters. The number of hydrogen-bond donors (Lipinski definition) is 5. The molecule has 15 nitrogen and oxygen atoms in total. The van der Waals surface area contributed by atoms with Gasteiger partial charge in [-0.2, -0.15) is 0 Å². The number of aryl methyl sites for hydroxylation is 20. The SMILES string of the molecule is CC(=O)C=C(C)O.CC(=O)C=C(C)O.CC(=O)C=C(C)O.CC(=O)C=C(C)O.CC(=O)C=C(C)O.Cc1[c-]c(-c2ccc3c(C)c(C)ccc3n2)cc(C)c1.Cc1[c-]c(-c2ccc3c(C)cc(C)cc3n2)cc(C)c1.Cc1[c-]c(-c2nc3cc(C)ccc3cc2C)cc(C)c1.Cc1[c-]c(-c2nc3ccc(C)cc3cc2C)cc(C)c1.Cc1[c-]c(-c2nc3cccc(C)c3cc2C)cc(C)c1.[Ir].[Ir].[Ir].[Ir].[Ir]. The van der Waals surface area contributed by atoms with Gasteiger partial charge in [0.25, 0.3) is 0 Å². The molecule has 20 heteroatoms. The molecule has 0 fully saturated rings. The number of rotatable bonds is 10. The molecule has 10 aromatic carbocycles. The Bertz CT molecular complexity index is 6710. The predicted molar refractivity (Wildman–Crippen MR) is 560 cm³/mol. The first kappa shape index (κ1) is 127. The van der Waals surface area contributed by atoms with Crippen LogP contribution in [0.3, 0.4) is 0 Å². The molecule has 15 rings (SSSR count). The van der Waals surface area contributed by atoms with Crippen molar-refractivity contribution in [3.05, 3.63) is 383 Å². The number of allylic oxidation sites excluding steroid dienone is 10. The van der Waals surface area contributed by atoms with Gasteiger partial charge in [0.15, 0.2) is 28.9 Å². The second-order valence-electron chi connectivity index (χ2n) is 34.9. The molecule has 15 aromatic rings. The average Bonchev–Trinajstić information content (AvgIpc) is 0.726. The minimum absolute atomic E-state index is 0. The molecule has 0 saturated heterocycles. The van der Waals surface area contributed by atoms with E-state index in [9.17, 15) is 24.0 Å². The Hall–Kier alpha value is -11.5. The van der Waals surface area contributed by atoms with Gasteiger partial charge in [0.2, 0.25) is 0 Å². The molecule has 5 radical (unpaired) electrons. The van der Waals surface area contributed by atoms with E-state index in [-0.39, 0.29) is 158 Å². The van der Waals surface area contributed by atoms with Crippen LogP contribution in [0.4, 0.5) is 0 Å². The predicted octanol–water partition coefficient (Wildman–Crippen LogP) is 29.9. The molecule has 0 atom stereocenters. The van der Waals surface area contributed by atoms with Crippen molar-refractivity contribution in [3.8, 4) is 56.3 Å². The van der Waals surface area contributed by atoms with Gasteiger partial charge in [0, 0.05) is 147 Å². The van der Waals surface area contributed by atoms with E-state index in [0.29, 0.717) is 0 Å². The van der Waals surface area contributed by atoms with Crippen LogP contribution in [-0.4, -0.2) is 79.4 Å². The third-order valence-electron chi connectivity index (χ3n) is 20.3. The first-order valence-corrected chi connectivity index (χ1v) is 44.6. The molecular formula is C120H130Ir5N5O10-5.